The highest BCUT2D eigenvalue weighted by Gasteiger charge is 2.27. The summed E-state index contributed by atoms with van der Waals surface area (Å²) in [6.45, 7) is 0.115. The van der Waals surface area contributed by atoms with Crippen molar-refractivity contribution in [2.45, 2.75) is 19.4 Å². The summed E-state index contributed by atoms with van der Waals surface area (Å²) in [5, 5.41) is 2.86. The van der Waals surface area contributed by atoms with Gasteiger partial charge in [0.05, 0.1) is 0 Å². The number of nitrogens with one attached hydrogen (secondary N) is 1. The molecule has 21 heavy (non-hydrogen) atoms. The van der Waals surface area contributed by atoms with E-state index in [2.05, 4.69) is 17.4 Å². The molecule has 0 saturated carbocycles. The smallest absolute Gasteiger partial charge is 0.228 e. The molecular weight excluding hydrogens is 267 g/mol. The lowest BCUT2D eigenvalue weighted by Gasteiger charge is -2.11. The zero-order valence-corrected chi connectivity index (χ0v) is 11.6. The van der Waals surface area contributed by atoms with E-state index in [-0.39, 0.29) is 24.2 Å². The molecule has 2 aromatic carbocycles. The van der Waals surface area contributed by atoms with Gasteiger partial charge in [-0.15, -0.1) is 0 Å². The normalized spacial score (nSPS) is 14.0. The van der Waals surface area contributed by atoms with Crippen molar-refractivity contribution in [1.29, 1.82) is 0 Å². The maximum atomic E-state index is 13.4. The summed E-state index contributed by atoms with van der Waals surface area (Å²) in [5.74, 6) is -0.432. The number of halogens is 1. The first-order valence-corrected chi connectivity index (χ1v) is 7.03. The van der Waals surface area contributed by atoms with Crippen molar-refractivity contribution in [3.63, 3.8) is 0 Å². The Morgan fingerprint density at radius 3 is 2.48 bits per heavy atom. The van der Waals surface area contributed by atoms with E-state index in [1.807, 2.05) is 12.1 Å². The number of carbonyl (C=O) groups excluding carboxylic acids is 1. The number of benzene rings is 2. The van der Waals surface area contributed by atoms with Crippen molar-refractivity contribution >= 4 is 11.6 Å². The van der Waals surface area contributed by atoms with Gasteiger partial charge in [0.2, 0.25) is 5.91 Å². The van der Waals surface area contributed by atoms with Crippen LogP contribution in [0.5, 0.6) is 0 Å². The summed E-state index contributed by atoms with van der Waals surface area (Å²) in [7, 11) is 0. The zero-order valence-electron chi connectivity index (χ0n) is 11.6. The molecule has 4 heteroatoms. The number of hydrogen-bond acceptors (Lipinski definition) is 2. The first kappa shape index (κ1) is 13.8. The largest absolute Gasteiger partial charge is 0.326 e. The van der Waals surface area contributed by atoms with Crippen LogP contribution in [0.25, 0.3) is 0 Å². The standard InChI is InChI=1S/C17H17FN2O/c18-16-6-5-15(9-14(16)10-19)20-17(21)13-7-11-3-1-2-4-12(11)8-13/h1-6,9,13H,7-8,10,19H2,(H,20,21). The van der Waals surface area contributed by atoms with Gasteiger partial charge in [0, 0.05) is 23.7 Å². The van der Waals surface area contributed by atoms with Crippen molar-refractivity contribution in [2.24, 2.45) is 11.7 Å². The molecule has 0 fully saturated rings. The van der Waals surface area contributed by atoms with Crippen LogP contribution in [0.3, 0.4) is 0 Å². The quantitative estimate of drug-likeness (QED) is 0.910. The van der Waals surface area contributed by atoms with Crippen molar-refractivity contribution in [2.75, 3.05) is 5.32 Å². The van der Waals surface area contributed by atoms with Gasteiger partial charge < -0.3 is 11.1 Å². The van der Waals surface area contributed by atoms with Crippen molar-refractivity contribution < 1.29 is 9.18 Å². The Hall–Kier alpha value is -2.20. The highest BCUT2D eigenvalue weighted by atomic mass is 19.1. The topological polar surface area (TPSA) is 55.1 Å². The summed E-state index contributed by atoms with van der Waals surface area (Å²) in [4.78, 5) is 12.3. The van der Waals surface area contributed by atoms with Gasteiger partial charge in [-0.2, -0.15) is 0 Å². The van der Waals surface area contributed by atoms with E-state index in [4.69, 9.17) is 5.73 Å². The van der Waals surface area contributed by atoms with Crippen LogP contribution in [0.15, 0.2) is 42.5 Å². The average Bonchev–Trinajstić information content (AvgIpc) is 2.93. The van der Waals surface area contributed by atoms with Crippen molar-refractivity contribution in [3.05, 3.63) is 65.0 Å². The van der Waals surface area contributed by atoms with E-state index in [1.54, 1.807) is 12.1 Å². The van der Waals surface area contributed by atoms with E-state index < -0.39 is 0 Å². The Bertz CT molecular complexity index is 659. The second-order valence-electron chi connectivity index (χ2n) is 5.37. The van der Waals surface area contributed by atoms with Crippen molar-refractivity contribution in [3.8, 4) is 0 Å². The predicted molar refractivity (Wildman–Crippen MR) is 80.3 cm³/mol. The van der Waals surface area contributed by atoms with E-state index in [0.29, 0.717) is 11.3 Å². The number of fused-ring (bicyclic) bond motifs is 1. The lowest BCUT2D eigenvalue weighted by atomic mass is 10.1. The van der Waals surface area contributed by atoms with Gasteiger partial charge in [-0.3, -0.25) is 4.79 Å². The molecule has 0 spiro atoms. The van der Waals surface area contributed by atoms with Crippen LogP contribution in [-0.4, -0.2) is 5.91 Å². The lowest BCUT2D eigenvalue weighted by molar-refractivity contribution is -0.119. The Kier molecular flexibility index (Phi) is 3.71. The van der Waals surface area contributed by atoms with E-state index in [9.17, 15) is 9.18 Å². The van der Waals surface area contributed by atoms with Gasteiger partial charge in [-0.1, -0.05) is 24.3 Å². The molecule has 0 heterocycles. The van der Waals surface area contributed by atoms with Crippen LogP contribution in [-0.2, 0) is 24.2 Å². The molecule has 0 aliphatic heterocycles. The van der Waals surface area contributed by atoms with Gasteiger partial charge in [-0.05, 0) is 42.2 Å². The molecule has 0 bridgehead atoms. The molecule has 1 aliphatic carbocycles. The molecule has 1 aliphatic rings. The third kappa shape index (κ3) is 2.81. The fourth-order valence-electron chi connectivity index (χ4n) is 2.80. The summed E-state index contributed by atoms with van der Waals surface area (Å²) >= 11 is 0. The van der Waals surface area contributed by atoms with Crippen LogP contribution in [0, 0.1) is 11.7 Å². The Morgan fingerprint density at radius 1 is 1.19 bits per heavy atom. The van der Waals surface area contributed by atoms with Crippen LogP contribution >= 0.6 is 0 Å². The molecule has 3 N–H and O–H groups in total. The van der Waals surface area contributed by atoms with Gasteiger partial charge in [0.15, 0.2) is 0 Å². The van der Waals surface area contributed by atoms with Crippen molar-refractivity contribution in [1.82, 2.24) is 0 Å². The molecular formula is C17H17FN2O. The Balaban J connectivity index is 1.71. The van der Waals surface area contributed by atoms with Crippen LogP contribution in [0.1, 0.15) is 16.7 Å². The minimum atomic E-state index is -0.344. The first-order valence-electron chi connectivity index (χ1n) is 7.03. The Morgan fingerprint density at radius 2 is 1.86 bits per heavy atom. The van der Waals surface area contributed by atoms with Gasteiger partial charge >= 0.3 is 0 Å². The number of carbonyl (C=O) groups is 1. The highest BCUT2D eigenvalue weighted by molar-refractivity contribution is 5.93. The zero-order chi connectivity index (χ0) is 14.8. The fraction of sp³-hybridized carbons (Fsp3) is 0.235. The highest BCUT2D eigenvalue weighted by Crippen LogP contribution is 2.27. The second kappa shape index (κ2) is 5.66. The monoisotopic (exact) mass is 284 g/mol. The van der Waals surface area contributed by atoms with Crippen LogP contribution < -0.4 is 11.1 Å². The molecule has 0 saturated heterocycles. The minimum Gasteiger partial charge on any atom is -0.326 e. The maximum absolute atomic E-state index is 13.4. The first-order chi connectivity index (χ1) is 10.2. The summed E-state index contributed by atoms with van der Waals surface area (Å²) in [6, 6.07) is 12.6. The summed E-state index contributed by atoms with van der Waals surface area (Å²) in [5.41, 5.74) is 8.95. The molecule has 2 aromatic rings. The number of amides is 1. The molecule has 3 rings (SSSR count). The second-order valence-corrected chi connectivity index (χ2v) is 5.37. The third-order valence-electron chi connectivity index (χ3n) is 3.95. The molecule has 108 valence electrons. The van der Waals surface area contributed by atoms with E-state index in [1.165, 1.54) is 17.2 Å². The average molecular weight is 284 g/mol. The molecule has 0 radical (unpaired) electrons. The van der Waals surface area contributed by atoms with Crippen LogP contribution in [0.4, 0.5) is 10.1 Å². The van der Waals surface area contributed by atoms with Gasteiger partial charge in [0.1, 0.15) is 5.82 Å². The van der Waals surface area contributed by atoms with E-state index in [0.717, 1.165) is 12.8 Å². The number of rotatable bonds is 3. The lowest BCUT2D eigenvalue weighted by Crippen LogP contribution is -2.23. The third-order valence-corrected chi connectivity index (χ3v) is 3.95. The SMILES string of the molecule is NCc1cc(NC(=O)C2Cc3ccccc3C2)ccc1F. The number of nitrogens with two attached hydrogens (primary N) is 1. The molecule has 1 amide bonds. The molecule has 0 aromatic heterocycles. The predicted octanol–water partition coefficient (Wildman–Crippen LogP) is 2.64. The summed E-state index contributed by atoms with van der Waals surface area (Å²) in [6.07, 6.45) is 1.51. The number of hydrogen-bond donors (Lipinski definition) is 2. The van der Waals surface area contributed by atoms with Gasteiger partial charge in [0.25, 0.3) is 0 Å². The molecule has 0 atom stereocenters. The van der Waals surface area contributed by atoms with E-state index >= 15 is 0 Å². The summed E-state index contributed by atoms with van der Waals surface area (Å²) < 4.78 is 13.4. The van der Waals surface area contributed by atoms with Gasteiger partial charge in [-0.25, -0.2) is 4.39 Å². The molecule has 0 unspecified atom stereocenters. The molecule has 3 nitrogen and oxygen atoms in total. The minimum absolute atomic E-state index is 0.0271. The van der Waals surface area contributed by atoms with Crippen LogP contribution in [0.2, 0.25) is 0 Å². The maximum Gasteiger partial charge on any atom is 0.228 e. The Labute approximate surface area is 123 Å². The fourth-order valence-corrected chi connectivity index (χ4v) is 2.80. The number of anilines is 1.